The molecule has 7 nitrogen and oxygen atoms in total. The molecule has 0 saturated carbocycles. The van der Waals surface area contributed by atoms with Gasteiger partial charge in [0.1, 0.15) is 12.6 Å². The molecule has 0 radical (unpaired) electrons. The molecule has 0 atom stereocenters. The molecule has 2 aromatic carbocycles. The Morgan fingerprint density at radius 2 is 1.72 bits per heavy atom. The third kappa shape index (κ3) is 5.08. The first-order chi connectivity index (χ1) is 13.6. The number of Topliss-reactive ketones (excluding diaryl/α,β-unsaturated/α-hetero) is 1. The number of nitrogens with zero attached hydrogens (tertiary/aromatic N) is 1. The SMILES string of the molecule is Cc1cc(C)c(C(=O)COC(=O)CNS(=O)(=O)c2ccccc2C#N)c(C)c1C. The van der Waals surface area contributed by atoms with Gasteiger partial charge in [-0.25, -0.2) is 8.42 Å². The van der Waals surface area contributed by atoms with Crippen LogP contribution in [-0.4, -0.2) is 33.3 Å². The summed E-state index contributed by atoms with van der Waals surface area (Å²) in [5, 5.41) is 9.02. The average molecular weight is 414 g/mol. The molecular formula is C21H22N2O5S. The first kappa shape index (κ1) is 22.3. The molecule has 1 N–H and O–H groups in total. The van der Waals surface area contributed by atoms with E-state index < -0.39 is 29.1 Å². The van der Waals surface area contributed by atoms with Crippen molar-refractivity contribution in [2.75, 3.05) is 13.2 Å². The second-order valence-electron chi connectivity index (χ2n) is 6.65. The molecule has 29 heavy (non-hydrogen) atoms. The highest BCUT2D eigenvalue weighted by Gasteiger charge is 2.21. The smallest absolute Gasteiger partial charge is 0.321 e. The number of hydrogen-bond donors (Lipinski definition) is 1. The molecule has 0 amide bonds. The number of rotatable bonds is 7. The van der Waals surface area contributed by atoms with Crippen LogP contribution in [0.15, 0.2) is 35.2 Å². The van der Waals surface area contributed by atoms with Crippen LogP contribution < -0.4 is 4.72 Å². The molecule has 2 aromatic rings. The number of ether oxygens (including phenoxy) is 1. The van der Waals surface area contributed by atoms with Crippen LogP contribution in [0.2, 0.25) is 0 Å². The highest BCUT2D eigenvalue weighted by atomic mass is 32.2. The fraction of sp³-hybridized carbons (Fsp3) is 0.286. The second kappa shape index (κ2) is 8.99. The van der Waals surface area contributed by atoms with Gasteiger partial charge in [0.25, 0.3) is 0 Å². The minimum Gasteiger partial charge on any atom is -0.456 e. The first-order valence-corrected chi connectivity index (χ1v) is 10.3. The normalized spacial score (nSPS) is 11.0. The van der Waals surface area contributed by atoms with Gasteiger partial charge < -0.3 is 4.74 Å². The van der Waals surface area contributed by atoms with Crippen molar-refractivity contribution in [3.05, 3.63) is 63.7 Å². The van der Waals surface area contributed by atoms with Crippen LogP contribution in [-0.2, 0) is 19.6 Å². The van der Waals surface area contributed by atoms with E-state index in [2.05, 4.69) is 4.72 Å². The number of ketones is 1. The number of hydrogen-bond acceptors (Lipinski definition) is 6. The zero-order chi connectivity index (χ0) is 21.8. The third-order valence-corrected chi connectivity index (χ3v) is 6.16. The van der Waals surface area contributed by atoms with Gasteiger partial charge in [0, 0.05) is 5.56 Å². The van der Waals surface area contributed by atoms with Crippen molar-refractivity contribution in [3.8, 4) is 6.07 Å². The molecule has 0 saturated heterocycles. The van der Waals surface area contributed by atoms with Crippen molar-refractivity contribution in [2.45, 2.75) is 32.6 Å². The first-order valence-electron chi connectivity index (χ1n) is 8.83. The fourth-order valence-electron chi connectivity index (χ4n) is 3.01. The van der Waals surface area contributed by atoms with Crippen LogP contribution in [0.1, 0.15) is 38.2 Å². The van der Waals surface area contributed by atoms with Crippen LogP contribution in [0.5, 0.6) is 0 Å². The van der Waals surface area contributed by atoms with Gasteiger partial charge in [-0.3, -0.25) is 9.59 Å². The van der Waals surface area contributed by atoms with Crippen LogP contribution in [0, 0.1) is 39.0 Å². The summed E-state index contributed by atoms with van der Waals surface area (Å²) >= 11 is 0. The Morgan fingerprint density at radius 3 is 2.38 bits per heavy atom. The molecule has 0 aliphatic rings. The van der Waals surface area contributed by atoms with E-state index in [1.165, 1.54) is 24.3 Å². The molecule has 0 fully saturated rings. The number of aryl methyl sites for hydroxylation is 2. The van der Waals surface area contributed by atoms with Gasteiger partial charge in [0.15, 0.2) is 6.61 Å². The molecule has 8 heteroatoms. The van der Waals surface area contributed by atoms with Gasteiger partial charge >= 0.3 is 5.97 Å². The highest BCUT2D eigenvalue weighted by molar-refractivity contribution is 7.89. The van der Waals surface area contributed by atoms with E-state index in [1.807, 2.05) is 33.8 Å². The third-order valence-electron chi connectivity index (χ3n) is 4.70. The van der Waals surface area contributed by atoms with E-state index in [0.29, 0.717) is 5.56 Å². The minimum atomic E-state index is -4.07. The van der Waals surface area contributed by atoms with Gasteiger partial charge in [0.2, 0.25) is 15.8 Å². The summed E-state index contributed by atoms with van der Waals surface area (Å²) in [7, 11) is -4.07. The topological polar surface area (TPSA) is 113 Å². The lowest BCUT2D eigenvalue weighted by Crippen LogP contribution is -2.32. The van der Waals surface area contributed by atoms with Crippen molar-refractivity contribution >= 4 is 21.8 Å². The maximum atomic E-state index is 12.5. The predicted octanol–water partition coefficient (Wildman–Crippen LogP) is 2.50. The van der Waals surface area contributed by atoms with Gasteiger partial charge in [-0.2, -0.15) is 9.98 Å². The largest absolute Gasteiger partial charge is 0.456 e. The summed E-state index contributed by atoms with van der Waals surface area (Å²) in [5.74, 6) is -1.25. The van der Waals surface area contributed by atoms with Crippen molar-refractivity contribution in [3.63, 3.8) is 0 Å². The van der Waals surface area contributed by atoms with Crippen LogP contribution in [0.4, 0.5) is 0 Å². The van der Waals surface area contributed by atoms with Gasteiger partial charge in [-0.15, -0.1) is 0 Å². The maximum Gasteiger partial charge on any atom is 0.321 e. The van der Waals surface area contributed by atoms with Crippen molar-refractivity contribution < 1.29 is 22.7 Å². The summed E-state index contributed by atoms with van der Waals surface area (Å²) in [6.45, 7) is 6.39. The van der Waals surface area contributed by atoms with Crippen molar-refractivity contribution in [1.29, 1.82) is 5.26 Å². The number of benzene rings is 2. The van der Waals surface area contributed by atoms with E-state index in [1.54, 1.807) is 6.07 Å². The highest BCUT2D eigenvalue weighted by Crippen LogP contribution is 2.22. The Balaban J connectivity index is 2.02. The molecule has 152 valence electrons. The minimum absolute atomic E-state index is 0.0377. The zero-order valence-corrected chi connectivity index (χ0v) is 17.5. The molecule has 0 heterocycles. The number of nitriles is 1. The lowest BCUT2D eigenvalue weighted by Gasteiger charge is -2.14. The van der Waals surface area contributed by atoms with Gasteiger partial charge in [-0.05, 0) is 62.1 Å². The number of nitrogens with one attached hydrogen (secondary N) is 1. The van der Waals surface area contributed by atoms with E-state index >= 15 is 0 Å². The van der Waals surface area contributed by atoms with E-state index in [0.717, 1.165) is 22.3 Å². The van der Waals surface area contributed by atoms with Crippen molar-refractivity contribution in [1.82, 2.24) is 4.72 Å². The molecule has 0 aliphatic heterocycles. The second-order valence-corrected chi connectivity index (χ2v) is 8.39. The average Bonchev–Trinajstić information content (AvgIpc) is 2.69. The maximum absolute atomic E-state index is 12.5. The number of sulfonamides is 1. The van der Waals surface area contributed by atoms with Crippen LogP contribution in [0.3, 0.4) is 0 Å². The Labute approximate surface area is 170 Å². The Bertz CT molecular complexity index is 1110. The molecule has 0 aromatic heterocycles. The van der Waals surface area contributed by atoms with Crippen molar-refractivity contribution in [2.24, 2.45) is 0 Å². The zero-order valence-electron chi connectivity index (χ0n) is 16.7. The lowest BCUT2D eigenvalue weighted by molar-refractivity contribution is -0.141. The number of carbonyl (C=O) groups excluding carboxylic acids is 2. The summed E-state index contributed by atoms with van der Waals surface area (Å²) in [6, 6.07) is 9.32. The molecule has 2 rings (SSSR count). The van der Waals surface area contributed by atoms with Crippen LogP contribution in [0.25, 0.3) is 0 Å². The monoisotopic (exact) mass is 414 g/mol. The summed E-state index contributed by atoms with van der Waals surface area (Å²) in [6.07, 6.45) is 0. The summed E-state index contributed by atoms with van der Waals surface area (Å²) < 4.78 is 31.6. The molecule has 0 unspecified atom stereocenters. The van der Waals surface area contributed by atoms with E-state index in [-0.39, 0.29) is 16.2 Å². The lowest BCUT2D eigenvalue weighted by atomic mass is 9.92. The van der Waals surface area contributed by atoms with E-state index in [4.69, 9.17) is 10.00 Å². The quantitative estimate of drug-likeness (QED) is 0.550. The molecular weight excluding hydrogens is 392 g/mol. The molecule has 0 aliphatic carbocycles. The Morgan fingerprint density at radius 1 is 1.07 bits per heavy atom. The van der Waals surface area contributed by atoms with Gasteiger partial charge in [0.05, 0.1) is 10.5 Å². The van der Waals surface area contributed by atoms with Gasteiger partial charge in [-0.1, -0.05) is 18.2 Å². The number of carbonyl (C=O) groups is 2. The Hall–Kier alpha value is -3.02. The molecule has 0 bridgehead atoms. The standard InChI is InChI=1S/C21H22N2O5S/c1-13-9-14(2)21(16(4)15(13)3)18(24)12-28-20(25)11-23-29(26,27)19-8-6-5-7-17(19)10-22/h5-9,23H,11-12H2,1-4H3. The fourth-order valence-corrected chi connectivity index (χ4v) is 4.13. The molecule has 0 spiro atoms. The van der Waals surface area contributed by atoms with E-state index in [9.17, 15) is 18.0 Å². The summed E-state index contributed by atoms with van der Waals surface area (Å²) in [5.41, 5.74) is 4.15. The van der Waals surface area contributed by atoms with Crippen LogP contribution >= 0.6 is 0 Å². The summed E-state index contributed by atoms with van der Waals surface area (Å²) in [4.78, 5) is 24.2. The predicted molar refractivity (Wildman–Crippen MR) is 107 cm³/mol. The Kier molecular flexibility index (Phi) is 6.90. The number of esters is 1.